The van der Waals surface area contributed by atoms with E-state index in [1.165, 1.54) is 33.0 Å². The summed E-state index contributed by atoms with van der Waals surface area (Å²) in [7, 11) is 1.61. The number of anilines is 1. The number of esters is 1. The average molecular weight is 452 g/mol. The fourth-order valence-electron chi connectivity index (χ4n) is 3.49. The first-order valence-corrected chi connectivity index (χ1v) is 10.5. The maximum absolute atomic E-state index is 12.5. The first kappa shape index (κ1) is 19.9. The minimum Gasteiger partial charge on any atom is -0.454 e. The fourth-order valence-corrected chi connectivity index (χ4v) is 4.34. The quantitative estimate of drug-likeness (QED) is 0.460. The van der Waals surface area contributed by atoms with Gasteiger partial charge in [-0.3, -0.25) is 28.8 Å². The van der Waals surface area contributed by atoms with Crippen molar-refractivity contribution in [2.45, 2.75) is 19.4 Å². The summed E-state index contributed by atoms with van der Waals surface area (Å²) < 4.78 is 9.05. The van der Waals surface area contributed by atoms with Gasteiger partial charge in [0.05, 0.1) is 16.8 Å². The molecule has 1 N–H and O–H groups in total. The highest BCUT2D eigenvalue weighted by Gasteiger charge is 2.24. The van der Waals surface area contributed by atoms with Crippen molar-refractivity contribution >= 4 is 50.8 Å². The predicted molar refractivity (Wildman–Crippen MR) is 114 cm³/mol. The second kappa shape index (κ2) is 7.57. The number of thiophene rings is 1. The monoisotopic (exact) mass is 452 g/mol. The number of ether oxygens (including phenoxy) is 1. The van der Waals surface area contributed by atoms with Crippen LogP contribution in [0, 0.1) is 0 Å². The SMILES string of the molecule is Cn1c(=O)c2sccc2n2c(COC(=O)c3ccc(N4NC(=O)CCC4=O)cc3)nnc12. The summed E-state index contributed by atoms with van der Waals surface area (Å²) in [6, 6.07) is 7.92. The molecule has 0 aliphatic carbocycles. The van der Waals surface area contributed by atoms with Crippen molar-refractivity contribution in [3.05, 3.63) is 57.5 Å². The lowest BCUT2D eigenvalue weighted by Crippen LogP contribution is -2.50. The molecule has 3 aromatic heterocycles. The van der Waals surface area contributed by atoms with Crippen LogP contribution in [0.2, 0.25) is 0 Å². The van der Waals surface area contributed by atoms with Gasteiger partial charge in [-0.05, 0) is 35.7 Å². The van der Waals surface area contributed by atoms with Gasteiger partial charge in [-0.2, -0.15) is 0 Å². The standard InChI is InChI=1S/C20H16N6O5S/c1-24-18(29)17-13(8-9-32-17)25-14(21-22-20(24)25)10-31-19(30)11-2-4-12(5-3-11)26-16(28)7-6-15(27)23-26/h2-5,8-9H,6-7,10H2,1H3,(H,23,27). The fraction of sp³-hybridized carbons (Fsp3) is 0.200. The van der Waals surface area contributed by atoms with Crippen LogP contribution >= 0.6 is 11.3 Å². The summed E-state index contributed by atoms with van der Waals surface area (Å²) >= 11 is 1.32. The molecular formula is C20H16N6O5S. The van der Waals surface area contributed by atoms with E-state index in [-0.39, 0.29) is 42.4 Å². The molecule has 0 unspecified atom stereocenters. The van der Waals surface area contributed by atoms with Crippen molar-refractivity contribution < 1.29 is 19.1 Å². The Morgan fingerprint density at radius 3 is 2.69 bits per heavy atom. The highest BCUT2D eigenvalue weighted by atomic mass is 32.1. The van der Waals surface area contributed by atoms with Gasteiger partial charge in [0.2, 0.25) is 17.6 Å². The van der Waals surface area contributed by atoms with Gasteiger partial charge in [0, 0.05) is 19.9 Å². The predicted octanol–water partition coefficient (Wildman–Crippen LogP) is 1.16. The zero-order chi connectivity index (χ0) is 22.4. The smallest absolute Gasteiger partial charge is 0.338 e. The molecule has 1 fully saturated rings. The van der Waals surface area contributed by atoms with Crippen molar-refractivity contribution in [3.8, 4) is 0 Å². The number of aromatic nitrogens is 4. The molecule has 4 aromatic rings. The Balaban J connectivity index is 1.35. The molecule has 0 radical (unpaired) electrons. The summed E-state index contributed by atoms with van der Waals surface area (Å²) in [5.74, 6) is -0.331. The number of aryl methyl sites for hydroxylation is 1. The Labute approximate surface area is 183 Å². The van der Waals surface area contributed by atoms with E-state index in [2.05, 4.69) is 15.6 Å². The van der Waals surface area contributed by atoms with Gasteiger partial charge in [-0.15, -0.1) is 21.5 Å². The Morgan fingerprint density at radius 2 is 1.91 bits per heavy atom. The summed E-state index contributed by atoms with van der Waals surface area (Å²) in [6.07, 6.45) is 0.286. The molecule has 1 aliphatic rings. The van der Waals surface area contributed by atoms with Crippen molar-refractivity contribution in [2.75, 3.05) is 5.01 Å². The van der Waals surface area contributed by atoms with E-state index < -0.39 is 5.97 Å². The number of carbonyl (C=O) groups is 3. The maximum Gasteiger partial charge on any atom is 0.338 e. The van der Waals surface area contributed by atoms with Gasteiger partial charge in [-0.25, -0.2) is 9.80 Å². The third kappa shape index (κ3) is 3.21. The molecule has 0 spiro atoms. The first-order chi connectivity index (χ1) is 15.4. The third-order valence-corrected chi connectivity index (χ3v) is 6.03. The Hall–Kier alpha value is -4.06. The minimum absolute atomic E-state index is 0.130. The number of nitrogens with zero attached hydrogens (tertiary/aromatic N) is 5. The molecule has 0 saturated carbocycles. The molecule has 0 bridgehead atoms. The van der Waals surface area contributed by atoms with Gasteiger partial charge >= 0.3 is 5.97 Å². The Kier molecular flexibility index (Phi) is 4.70. The number of rotatable bonds is 4. The summed E-state index contributed by atoms with van der Waals surface area (Å²) in [5, 5.41) is 11.1. The van der Waals surface area contributed by atoms with E-state index >= 15 is 0 Å². The number of carbonyl (C=O) groups excluding carboxylic acids is 3. The highest BCUT2D eigenvalue weighted by molar-refractivity contribution is 7.17. The number of hydrazine groups is 1. The largest absolute Gasteiger partial charge is 0.454 e. The van der Waals surface area contributed by atoms with Crippen LogP contribution in [0.1, 0.15) is 29.0 Å². The first-order valence-electron chi connectivity index (χ1n) is 9.64. The van der Waals surface area contributed by atoms with Gasteiger partial charge in [0.15, 0.2) is 12.4 Å². The lowest BCUT2D eigenvalue weighted by Gasteiger charge is -2.27. The van der Waals surface area contributed by atoms with Crippen LogP contribution < -0.4 is 16.0 Å². The van der Waals surface area contributed by atoms with E-state index in [0.29, 0.717) is 27.5 Å². The number of amides is 2. The second-order valence-electron chi connectivity index (χ2n) is 7.14. The van der Waals surface area contributed by atoms with Gasteiger partial charge in [0.25, 0.3) is 5.56 Å². The molecule has 32 heavy (non-hydrogen) atoms. The van der Waals surface area contributed by atoms with Gasteiger partial charge in [0.1, 0.15) is 4.70 Å². The van der Waals surface area contributed by atoms with Crippen LogP contribution in [0.3, 0.4) is 0 Å². The summed E-state index contributed by atoms with van der Waals surface area (Å²) in [6.45, 7) is -0.147. The lowest BCUT2D eigenvalue weighted by atomic mass is 10.2. The molecule has 2 amide bonds. The van der Waals surface area contributed by atoms with Crippen LogP contribution in [0.5, 0.6) is 0 Å². The maximum atomic E-state index is 12.5. The number of benzene rings is 1. The van der Waals surface area contributed by atoms with E-state index in [9.17, 15) is 19.2 Å². The van der Waals surface area contributed by atoms with Gasteiger partial charge < -0.3 is 4.74 Å². The van der Waals surface area contributed by atoms with Crippen LogP contribution in [-0.4, -0.2) is 36.9 Å². The molecule has 162 valence electrons. The summed E-state index contributed by atoms with van der Waals surface area (Å²) in [5.41, 5.74) is 3.71. The van der Waals surface area contributed by atoms with Crippen LogP contribution in [0.4, 0.5) is 5.69 Å². The molecule has 1 aliphatic heterocycles. The Bertz CT molecular complexity index is 1450. The van der Waals surface area contributed by atoms with Crippen molar-refractivity contribution in [1.82, 2.24) is 24.6 Å². The van der Waals surface area contributed by atoms with Crippen LogP contribution in [0.25, 0.3) is 16.0 Å². The number of hydrogen-bond donors (Lipinski definition) is 1. The average Bonchev–Trinajstić information content (AvgIpc) is 3.45. The molecule has 11 nitrogen and oxygen atoms in total. The molecular weight excluding hydrogens is 436 g/mol. The molecule has 0 atom stereocenters. The van der Waals surface area contributed by atoms with Gasteiger partial charge in [-0.1, -0.05) is 0 Å². The van der Waals surface area contributed by atoms with Crippen LogP contribution in [0.15, 0.2) is 40.5 Å². The van der Waals surface area contributed by atoms with Crippen LogP contribution in [-0.2, 0) is 28.0 Å². The lowest BCUT2D eigenvalue weighted by molar-refractivity contribution is -0.130. The zero-order valence-corrected chi connectivity index (χ0v) is 17.6. The topological polar surface area (TPSA) is 128 Å². The van der Waals surface area contributed by atoms with Crippen molar-refractivity contribution in [3.63, 3.8) is 0 Å². The van der Waals surface area contributed by atoms with Crippen molar-refractivity contribution in [2.24, 2.45) is 7.05 Å². The molecule has 1 saturated heterocycles. The number of fused-ring (bicyclic) bond motifs is 3. The summed E-state index contributed by atoms with van der Waals surface area (Å²) in [4.78, 5) is 48.5. The molecule has 12 heteroatoms. The Morgan fingerprint density at radius 1 is 1.12 bits per heavy atom. The second-order valence-corrected chi connectivity index (χ2v) is 8.05. The third-order valence-electron chi connectivity index (χ3n) is 5.14. The minimum atomic E-state index is -0.589. The van der Waals surface area contributed by atoms with E-state index in [4.69, 9.17) is 4.74 Å². The van der Waals surface area contributed by atoms with E-state index in [1.54, 1.807) is 35.0 Å². The molecule has 4 heterocycles. The number of nitrogens with one attached hydrogen (secondary N) is 1. The highest BCUT2D eigenvalue weighted by Crippen LogP contribution is 2.21. The molecule has 5 rings (SSSR count). The van der Waals surface area contributed by atoms with Crippen molar-refractivity contribution in [1.29, 1.82) is 0 Å². The zero-order valence-electron chi connectivity index (χ0n) is 16.8. The normalized spacial score (nSPS) is 14.2. The van der Waals surface area contributed by atoms with E-state index in [1.807, 2.05) is 0 Å². The number of hydrogen-bond acceptors (Lipinski definition) is 8. The molecule has 1 aromatic carbocycles. The van der Waals surface area contributed by atoms with E-state index in [0.717, 1.165) is 0 Å².